The van der Waals surface area contributed by atoms with Crippen molar-refractivity contribution in [2.45, 2.75) is 6.92 Å². The quantitative estimate of drug-likeness (QED) is 0.812. The number of hydrogen-bond donors (Lipinski definition) is 1. The van der Waals surface area contributed by atoms with Gasteiger partial charge in [-0.1, -0.05) is 0 Å². The molecule has 0 aliphatic carbocycles. The number of carbonyl (C=O) groups is 2. The number of nitrogens with one attached hydrogen (secondary N) is 1. The molecule has 0 unspecified atom stereocenters. The van der Waals surface area contributed by atoms with E-state index in [1.54, 1.807) is 18.3 Å². The second kappa shape index (κ2) is 5.60. The zero-order valence-electron chi connectivity index (χ0n) is 11.5. The number of pyridine rings is 1. The molecule has 0 fully saturated rings. The Bertz CT molecular complexity index is 663. The number of ether oxygens (including phenoxy) is 2. The molecule has 0 radical (unpaired) electrons. The molecule has 7 nitrogen and oxygen atoms in total. The third-order valence-corrected chi connectivity index (χ3v) is 2.75. The smallest absolute Gasteiger partial charge is 0.257 e. The Kier molecular flexibility index (Phi) is 3.88. The second-order valence-corrected chi connectivity index (χ2v) is 4.12. The molecule has 0 saturated heterocycles. The number of aromatic nitrogens is 2. The van der Waals surface area contributed by atoms with Crippen LogP contribution < -0.4 is 14.8 Å². The summed E-state index contributed by atoms with van der Waals surface area (Å²) >= 11 is 0. The summed E-state index contributed by atoms with van der Waals surface area (Å²) in [5.41, 5.74) is 0.919. The van der Waals surface area contributed by atoms with Gasteiger partial charge in [-0.25, -0.2) is 4.52 Å². The summed E-state index contributed by atoms with van der Waals surface area (Å²) in [4.78, 5) is 22.6. The Morgan fingerprint density at radius 1 is 1.40 bits per heavy atom. The number of Topliss-reactive ketones (excluding diaryl/α,β-unsaturated/α-hetero) is 1. The molecule has 0 atom stereocenters. The van der Waals surface area contributed by atoms with Crippen LogP contribution in [0.2, 0.25) is 0 Å². The Morgan fingerprint density at radius 2 is 2.15 bits per heavy atom. The number of rotatable bonds is 5. The van der Waals surface area contributed by atoms with Gasteiger partial charge >= 0.3 is 0 Å². The molecular formula is C13H15N3O4. The Balaban J connectivity index is 2.44. The summed E-state index contributed by atoms with van der Waals surface area (Å²) in [5.74, 6) is 0.540. The molecule has 0 bridgehead atoms. The van der Waals surface area contributed by atoms with E-state index >= 15 is 0 Å². The lowest BCUT2D eigenvalue weighted by atomic mass is 10.3. The Morgan fingerprint density at radius 3 is 2.75 bits per heavy atom. The van der Waals surface area contributed by atoms with Gasteiger partial charge in [-0.05, 0) is 6.07 Å². The molecule has 0 aliphatic heterocycles. The van der Waals surface area contributed by atoms with Crippen LogP contribution in [0.4, 0.5) is 0 Å². The number of fused-ring (bicyclic) bond motifs is 1. The highest BCUT2D eigenvalue weighted by Gasteiger charge is 2.13. The van der Waals surface area contributed by atoms with Gasteiger partial charge in [0.05, 0.1) is 13.3 Å². The van der Waals surface area contributed by atoms with Crippen molar-refractivity contribution in [1.82, 2.24) is 14.9 Å². The molecule has 1 N–H and O–H groups in total. The Labute approximate surface area is 115 Å². The lowest BCUT2D eigenvalue weighted by Crippen LogP contribution is -2.24. The van der Waals surface area contributed by atoms with E-state index in [0.29, 0.717) is 22.7 Å². The predicted molar refractivity (Wildman–Crippen MR) is 71.3 cm³/mol. The van der Waals surface area contributed by atoms with Crippen molar-refractivity contribution in [2.75, 3.05) is 20.8 Å². The van der Waals surface area contributed by atoms with Crippen LogP contribution in [0.3, 0.4) is 0 Å². The van der Waals surface area contributed by atoms with Crippen LogP contribution in [0.1, 0.15) is 17.4 Å². The molecule has 0 saturated carbocycles. The highest BCUT2D eigenvalue weighted by Crippen LogP contribution is 2.26. The summed E-state index contributed by atoms with van der Waals surface area (Å²) in [5, 5.41) is 6.60. The van der Waals surface area contributed by atoms with Crippen molar-refractivity contribution in [3.63, 3.8) is 0 Å². The molecular weight excluding hydrogens is 262 g/mol. The van der Waals surface area contributed by atoms with Gasteiger partial charge in [-0.15, -0.1) is 0 Å². The van der Waals surface area contributed by atoms with Crippen molar-refractivity contribution in [1.29, 1.82) is 0 Å². The SMILES string of the molecule is CNC(=O)COc1cc(OC)cn2nc(C(C)=O)cc12. The number of methoxy groups -OCH3 is 1. The third kappa shape index (κ3) is 2.71. The molecule has 7 heteroatoms. The van der Waals surface area contributed by atoms with Gasteiger partial charge in [0, 0.05) is 20.0 Å². The number of ketones is 1. The molecule has 2 aromatic heterocycles. The first kappa shape index (κ1) is 13.9. The minimum absolute atomic E-state index is 0.125. The van der Waals surface area contributed by atoms with Crippen molar-refractivity contribution >= 4 is 17.2 Å². The summed E-state index contributed by atoms with van der Waals surface area (Å²) in [7, 11) is 3.04. The van der Waals surface area contributed by atoms with Gasteiger partial charge in [0.15, 0.2) is 12.4 Å². The summed E-state index contributed by atoms with van der Waals surface area (Å²) in [6, 6.07) is 3.25. The van der Waals surface area contributed by atoms with Gasteiger partial charge in [0.2, 0.25) is 0 Å². The summed E-state index contributed by atoms with van der Waals surface area (Å²) in [6.07, 6.45) is 1.63. The summed E-state index contributed by atoms with van der Waals surface area (Å²) in [6.45, 7) is 1.31. The minimum Gasteiger partial charge on any atom is -0.495 e. The van der Waals surface area contributed by atoms with Gasteiger partial charge in [-0.2, -0.15) is 5.10 Å². The van der Waals surface area contributed by atoms with E-state index in [1.165, 1.54) is 25.6 Å². The molecule has 106 valence electrons. The number of carbonyl (C=O) groups excluding carboxylic acids is 2. The first-order chi connectivity index (χ1) is 9.55. The maximum absolute atomic E-state index is 11.4. The largest absolute Gasteiger partial charge is 0.495 e. The van der Waals surface area contributed by atoms with Crippen LogP contribution in [-0.2, 0) is 4.79 Å². The van der Waals surface area contributed by atoms with E-state index in [2.05, 4.69) is 10.4 Å². The number of nitrogens with zero attached hydrogens (tertiary/aromatic N) is 2. The monoisotopic (exact) mass is 277 g/mol. The molecule has 0 spiro atoms. The fraction of sp³-hybridized carbons (Fsp3) is 0.308. The third-order valence-electron chi connectivity index (χ3n) is 2.75. The highest BCUT2D eigenvalue weighted by atomic mass is 16.5. The first-order valence-electron chi connectivity index (χ1n) is 5.97. The normalized spacial score (nSPS) is 10.3. The molecule has 0 aromatic carbocycles. The zero-order chi connectivity index (χ0) is 14.7. The maximum atomic E-state index is 11.4. The van der Waals surface area contributed by atoms with Crippen LogP contribution in [-0.4, -0.2) is 42.1 Å². The second-order valence-electron chi connectivity index (χ2n) is 4.12. The molecule has 1 amide bonds. The maximum Gasteiger partial charge on any atom is 0.257 e. The van der Waals surface area contributed by atoms with Gasteiger partial charge in [-0.3, -0.25) is 9.59 Å². The van der Waals surface area contributed by atoms with E-state index in [9.17, 15) is 9.59 Å². The van der Waals surface area contributed by atoms with Crippen LogP contribution in [0.25, 0.3) is 5.52 Å². The fourth-order valence-electron chi connectivity index (χ4n) is 1.65. The van der Waals surface area contributed by atoms with Gasteiger partial charge in [0.25, 0.3) is 5.91 Å². The summed E-state index contributed by atoms with van der Waals surface area (Å²) < 4.78 is 12.1. The number of likely N-dealkylation sites (N-methyl/N-ethyl adjacent to an activating group) is 1. The van der Waals surface area contributed by atoms with E-state index in [0.717, 1.165) is 0 Å². The standard InChI is InChI=1S/C13H15N3O4/c1-8(17)10-5-11-12(20-7-13(18)14-2)4-9(19-3)6-16(11)15-10/h4-6H,7H2,1-3H3,(H,14,18). The van der Waals surface area contributed by atoms with Crippen LogP contribution >= 0.6 is 0 Å². The van der Waals surface area contributed by atoms with Gasteiger partial charge < -0.3 is 14.8 Å². The van der Waals surface area contributed by atoms with E-state index in [1.807, 2.05) is 0 Å². The lowest BCUT2D eigenvalue weighted by molar-refractivity contribution is -0.122. The van der Waals surface area contributed by atoms with E-state index < -0.39 is 0 Å². The van der Waals surface area contributed by atoms with E-state index in [-0.39, 0.29) is 18.3 Å². The number of hydrogen-bond acceptors (Lipinski definition) is 5. The molecule has 0 aliphatic rings. The molecule has 2 rings (SSSR count). The van der Waals surface area contributed by atoms with Gasteiger partial charge in [0.1, 0.15) is 22.7 Å². The van der Waals surface area contributed by atoms with E-state index in [4.69, 9.17) is 9.47 Å². The van der Waals surface area contributed by atoms with Crippen LogP contribution in [0.15, 0.2) is 18.3 Å². The first-order valence-corrected chi connectivity index (χ1v) is 5.97. The van der Waals surface area contributed by atoms with Crippen molar-refractivity contribution in [3.8, 4) is 11.5 Å². The number of amides is 1. The minimum atomic E-state index is -0.253. The topological polar surface area (TPSA) is 81.9 Å². The van der Waals surface area contributed by atoms with Crippen molar-refractivity contribution in [2.24, 2.45) is 0 Å². The predicted octanol–water partition coefficient (Wildman–Crippen LogP) is 0.670. The molecule has 20 heavy (non-hydrogen) atoms. The fourth-order valence-corrected chi connectivity index (χ4v) is 1.65. The highest BCUT2D eigenvalue weighted by molar-refractivity contribution is 5.93. The molecule has 2 aromatic rings. The molecule has 2 heterocycles. The van der Waals surface area contributed by atoms with Crippen LogP contribution in [0, 0.1) is 0 Å². The lowest BCUT2D eigenvalue weighted by Gasteiger charge is -2.08. The average molecular weight is 277 g/mol. The van der Waals surface area contributed by atoms with Crippen molar-refractivity contribution in [3.05, 3.63) is 24.0 Å². The van der Waals surface area contributed by atoms with Crippen LogP contribution in [0.5, 0.6) is 11.5 Å². The van der Waals surface area contributed by atoms with Crippen molar-refractivity contribution < 1.29 is 19.1 Å². The average Bonchev–Trinajstić information content (AvgIpc) is 2.88. The zero-order valence-corrected chi connectivity index (χ0v) is 11.5. The Hall–Kier alpha value is -2.57.